The van der Waals surface area contributed by atoms with Gasteiger partial charge in [0.1, 0.15) is 23.0 Å². The second-order valence-corrected chi connectivity index (χ2v) is 18.7. The molecule has 0 spiro atoms. The van der Waals surface area contributed by atoms with Crippen LogP contribution in [0.3, 0.4) is 0 Å². The third-order valence-corrected chi connectivity index (χ3v) is 14.6. The van der Waals surface area contributed by atoms with Crippen molar-refractivity contribution in [1.82, 2.24) is 0 Å². The summed E-state index contributed by atoms with van der Waals surface area (Å²) in [6, 6.07) is 67.3. The Kier molecular flexibility index (Phi) is 11.5. The summed E-state index contributed by atoms with van der Waals surface area (Å²) < 4.78 is 13.7. The van der Waals surface area contributed by atoms with Gasteiger partial charge in [-0.2, -0.15) is 0 Å². The lowest BCUT2D eigenvalue weighted by Crippen LogP contribution is -2.23. The van der Waals surface area contributed by atoms with Crippen molar-refractivity contribution in [3.63, 3.8) is 0 Å². The Bertz CT molecular complexity index is 2870. The van der Waals surface area contributed by atoms with E-state index in [1.807, 2.05) is 170 Å². The van der Waals surface area contributed by atoms with Gasteiger partial charge in [-0.3, -0.25) is 9.59 Å². The molecule has 1 aliphatic rings. The van der Waals surface area contributed by atoms with E-state index < -0.39 is 0 Å². The van der Waals surface area contributed by atoms with Crippen LogP contribution in [0.2, 0.25) is 0 Å². The van der Waals surface area contributed by atoms with Gasteiger partial charge in [0.2, 0.25) is 0 Å². The van der Waals surface area contributed by atoms with Gasteiger partial charge >= 0.3 is 0 Å². The number of benzene rings is 9. The van der Waals surface area contributed by atoms with E-state index in [1.165, 1.54) is 0 Å². The van der Waals surface area contributed by atoms with Crippen LogP contribution in [0.5, 0.6) is 23.0 Å². The Balaban J connectivity index is 1.25. The normalized spacial score (nSPS) is 11.9. The number of para-hydroxylation sites is 2. The van der Waals surface area contributed by atoms with Crippen LogP contribution in [0.4, 0.5) is 0 Å². The van der Waals surface area contributed by atoms with Crippen LogP contribution in [0.15, 0.2) is 245 Å². The summed E-state index contributed by atoms with van der Waals surface area (Å²) in [6.45, 7) is 0. The molecule has 62 heavy (non-hydrogen) atoms. The lowest BCUT2D eigenvalue weighted by molar-refractivity contribution is 0.0975. The molecule has 0 saturated heterocycles. The number of fused-ring (bicyclic) bond motifs is 3. The van der Waals surface area contributed by atoms with E-state index in [-0.39, 0.29) is 22.7 Å². The molecule has 10 rings (SSSR count). The first-order valence-corrected chi connectivity index (χ1v) is 23.1. The smallest absolute Gasteiger partial charge is 0.198 e. The topological polar surface area (TPSA) is 52.6 Å². The first kappa shape index (κ1) is 39.7. The maximum atomic E-state index is 15.6. The Hall–Kier alpha value is -6.42. The van der Waals surface area contributed by atoms with Crippen LogP contribution in [-0.4, -0.2) is 11.6 Å². The van der Waals surface area contributed by atoms with Crippen molar-refractivity contribution < 1.29 is 19.1 Å². The summed E-state index contributed by atoms with van der Waals surface area (Å²) >= 11 is 6.39. The van der Waals surface area contributed by atoms with Crippen molar-refractivity contribution in [3.05, 3.63) is 229 Å². The van der Waals surface area contributed by atoms with E-state index in [2.05, 4.69) is 36.4 Å². The zero-order valence-corrected chi connectivity index (χ0v) is 36.2. The Morgan fingerprint density at radius 3 is 0.855 bits per heavy atom. The number of carbonyl (C=O) groups is 2. The molecule has 0 aliphatic heterocycles. The van der Waals surface area contributed by atoms with E-state index >= 15 is 9.59 Å². The zero-order chi connectivity index (χ0) is 41.8. The number of hydrogen-bond acceptors (Lipinski definition) is 8. The van der Waals surface area contributed by atoms with Crippen molar-refractivity contribution in [2.45, 2.75) is 39.2 Å². The molecular formula is C54H34O4S4. The van der Waals surface area contributed by atoms with E-state index in [4.69, 9.17) is 9.47 Å². The average Bonchev–Trinajstić information content (AvgIpc) is 3.31. The first-order valence-electron chi connectivity index (χ1n) is 19.9. The Morgan fingerprint density at radius 1 is 0.306 bits per heavy atom. The molecule has 0 unspecified atom stereocenters. The van der Waals surface area contributed by atoms with Crippen LogP contribution in [0.1, 0.15) is 31.8 Å². The number of hydrogen-bond donors (Lipinski definition) is 0. The van der Waals surface area contributed by atoms with Gasteiger partial charge in [0, 0.05) is 61.1 Å². The highest BCUT2D eigenvalue weighted by Crippen LogP contribution is 2.53. The van der Waals surface area contributed by atoms with Crippen molar-refractivity contribution in [1.29, 1.82) is 0 Å². The number of ketones is 2. The van der Waals surface area contributed by atoms with Crippen LogP contribution >= 0.6 is 47.0 Å². The van der Waals surface area contributed by atoms with Crippen molar-refractivity contribution in [2.24, 2.45) is 0 Å². The first-order chi connectivity index (χ1) is 30.6. The fourth-order valence-electron chi connectivity index (χ4n) is 7.28. The lowest BCUT2D eigenvalue weighted by atomic mass is 9.81. The summed E-state index contributed by atoms with van der Waals surface area (Å²) in [5, 5.41) is 1.29. The van der Waals surface area contributed by atoms with Crippen molar-refractivity contribution in [3.8, 4) is 23.0 Å². The highest BCUT2D eigenvalue weighted by atomic mass is 32.2. The van der Waals surface area contributed by atoms with Gasteiger partial charge in [0.15, 0.2) is 11.6 Å². The monoisotopic (exact) mass is 874 g/mol. The molecule has 0 saturated carbocycles. The highest BCUT2D eigenvalue weighted by Gasteiger charge is 2.39. The van der Waals surface area contributed by atoms with Crippen LogP contribution in [-0.2, 0) is 0 Å². The zero-order valence-electron chi connectivity index (χ0n) is 32.9. The molecule has 9 aromatic rings. The van der Waals surface area contributed by atoms with Crippen molar-refractivity contribution in [2.75, 3.05) is 0 Å². The Morgan fingerprint density at radius 2 is 0.565 bits per heavy atom. The molecule has 1 aliphatic carbocycles. The Labute approximate surface area is 376 Å². The summed E-state index contributed by atoms with van der Waals surface area (Å²) in [7, 11) is 0. The molecule has 0 heterocycles. The quantitative estimate of drug-likeness (QED) is 0.120. The number of carbonyl (C=O) groups excluding carboxylic acids is 2. The predicted molar refractivity (Wildman–Crippen MR) is 253 cm³/mol. The van der Waals surface area contributed by atoms with Crippen LogP contribution < -0.4 is 9.47 Å². The van der Waals surface area contributed by atoms with E-state index in [0.29, 0.717) is 44.9 Å². The minimum atomic E-state index is -0.313. The van der Waals surface area contributed by atoms with Crippen molar-refractivity contribution >= 4 is 69.4 Å². The third-order valence-electron chi connectivity index (χ3n) is 10.1. The summed E-state index contributed by atoms with van der Waals surface area (Å²) in [6.07, 6.45) is 0. The molecule has 0 N–H and O–H groups in total. The van der Waals surface area contributed by atoms with Gasteiger partial charge in [-0.1, -0.05) is 156 Å². The average molecular weight is 875 g/mol. The molecule has 0 aromatic heterocycles. The fourth-order valence-corrected chi connectivity index (χ4v) is 11.3. The maximum Gasteiger partial charge on any atom is 0.198 e. The summed E-state index contributed by atoms with van der Waals surface area (Å²) in [5.74, 6) is 1.05. The minimum absolute atomic E-state index is 0.169. The number of rotatable bonds is 12. The van der Waals surface area contributed by atoms with Crippen LogP contribution in [0, 0.1) is 0 Å². The predicted octanol–water partition coefficient (Wildman–Crippen LogP) is 15.8. The second kappa shape index (κ2) is 17.9. The highest BCUT2D eigenvalue weighted by molar-refractivity contribution is 8.02. The van der Waals surface area contributed by atoms with E-state index in [1.54, 1.807) is 47.0 Å². The summed E-state index contributed by atoms with van der Waals surface area (Å²) in [4.78, 5) is 38.9. The standard InChI is InChI=1S/C54H34O4S4/c55-51-41-31-45(59-37-23-11-3-12-24-37)46(60-38-25-13-4-14-26-38)32-42(41)52(56)50-49(51)53(57-35-19-7-1-8-20-35)43-33-47(61-39-27-15-5-16-28-39)48(62-40-29-17-6-18-30-40)34-44(43)54(50)58-36-21-9-2-10-22-36/h1-34H. The van der Waals surface area contributed by atoms with Gasteiger partial charge in [-0.15, -0.1) is 0 Å². The molecule has 0 atom stereocenters. The van der Waals surface area contributed by atoms with Gasteiger partial charge < -0.3 is 9.47 Å². The van der Waals surface area contributed by atoms with Gasteiger partial charge in [0.25, 0.3) is 0 Å². The SMILES string of the molecule is O=C1c2cc(Sc3ccccc3)c(Sc3ccccc3)cc2C(=O)c2c1c(Oc1ccccc1)c1cc(Sc3ccccc3)c(Sc3ccccc3)cc1c2Oc1ccccc1. The molecule has 0 bridgehead atoms. The summed E-state index contributed by atoms with van der Waals surface area (Å²) in [5.41, 5.74) is 0.971. The molecule has 4 nitrogen and oxygen atoms in total. The van der Waals surface area contributed by atoms with Gasteiger partial charge in [-0.05, 0) is 97.1 Å². The molecule has 8 heteroatoms. The van der Waals surface area contributed by atoms with Gasteiger partial charge in [0.05, 0.1) is 11.1 Å². The lowest BCUT2D eigenvalue weighted by Gasteiger charge is -2.27. The molecule has 0 radical (unpaired) electrons. The fraction of sp³-hybridized carbons (Fsp3) is 0. The van der Waals surface area contributed by atoms with E-state index in [0.717, 1.165) is 39.2 Å². The largest absolute Gasteiger partial charge is 0.456 e. The molecule has 0 fully saturated rings. The molecule has 298 valence electrons. The number of ether oxygens (including phenoxy) is 2. The molecule has 0 amide bonds. The third kappa shape index (κ3) is 8.30. The maximum absolute atomic E-state index is 15.6. The van der Waals surface area contributed by atoms with E-state index in [9.17, 15) is 0 Å². The molecule has 9 aromatic carbocycles. The van der Waals surface area contributed by atoms with Crippen LogP contribution in [0.25, 0.3) is 10.8 Å². The molecular weight excluding hydrogens is 841 g/mol. The minimum Gasteiger partial charge on any atom is -0.456 e. The van der Waals surface area contributed by atoms with Gasteiger partial charge in [-0.25, -0.2) is 0 Å². The second-order valence-electron chi connectivity index (χ2n) is 14.2.